The lowest BCUT2D eigenvalue weighted by Crippen LogP contribution is -2.49. The standard InChI is InChI=1S/C15H20N4O3/c1-17-14(21)15-3-5-22-8-10(15)7-19(9-15)11-2-4-18-12(6-11)13(16)20/h2,4,6,10H,3,5,7-9H2,1H3,(H2,16,20)(H,17,21)/t10-,15+/m1/s1. The highest BCUT2D eigenvalue weighted by atomic mass is 16.5. The highest BCUT2D eigenvalue weighted by Crippen LogP contribution is 2.43. The Morgan fingerprint density at radius 2 is 2.36 bits per heavy atom. The monoisotopic (exact) mass is 304 g/mol. The Bertz CT molecular complexity index is 606. The van der Waals surface area contributed by atoms with Crippen molar-refractivity contribution in [3.8, 4) is 0 Å². The number of fused-ring (bicyclic) bond motifs is 1. The Kier molecular flexibility index (Phi) is 3.74. The minimum Gasteiger partial charge on any atom is -0.381 e. The van der Waals surface area contributed by atoms with Crippen LogP contribution in [0.1, 0.15) is 16.9 Å². The molecule has 22 heavy (non-hydrogen) atoms. The van der Waals surface area contributed by atoms with Gasteiger partial charge in [0, 0.05) is 44.5 Å². The maximum absolute atomic E-state index is 12.4. The summed E-state index contributed by atoms with van der Waals surface area (Å²) in [6, 6.07) is 3.51. The molecule has 7 nitrogen and oxygen atoms in total. The molecule has 0 radical (unpaired) electrons. The van der Waals surface area contributed by atoms with Crippen LogP contribution in [-0.4, -0.2) is 50.1 Å². The molecule has 3 heterocycles. The Morgan fingerprint density at radius 3 is 3.09 bits per heavy atom. The Labute approximate surface area is 128 Å². The molecule has 2 aliphatic heterocycles. The fraction of sp³-hybridized carbons (Fsp3) is 0.533. The molecule has 0 aliphatic carbocycles. The van der Waals surface area contributed by atoms with E-state index in [0.29, 0.717) is 26.2 Å². The molecule has 7 heteroatoms. The minimum atomic E-state index is -0.553. The number of ether oxygens (including phenoxy) is 1. The summed E-state index contributed by atoms with van der Waals surface area (Å²) in [6.07, 6.45) is 2.28. The van der Waals surface area contributed by atoms with Gasteiger partial charge in [0.1, 0.15) is 5.69 Å². The molecule has 2 saturated heterocycles. The number of anilines is 1. The third-order valence-corrected chi connectivity index (χ3v) is 4.75. The first-order valence-electron chi connectivity index (χ1n) is 7.37. The Hall–Kier alpha value is -2.15. The van der Waals surface area contributed by atoms with Crippen LogP contribution in [0.4, 0.5) is 5.69 Å². The van der Waals surface area contributed by atoms with Crippen LogP contribution >= 0.6 is 0 Å². The summed E-state index contributed by atoms with van der Waals surface area (Å²) in [5.74, 6) is -0.346. The molecular weight excluding hydrogens is 284 g/mol. The van der Waals surface area contributed by atoms with E-state index in [1.807, 2.05) is 6.07 Å². The number of pyridine rings is 1. The number of hydrogen-bond donors (Lipinski definition) is 2. The topological polar surface area (TPSA) is 97.6 Å². The molecule has 2 amide bonds. The lowest BCUT2D eigenvalue weighted by Gasteiger charge is -2.36. The third kappa shape index (κ3) is 2.31. The number of rotatable bonds is 3. The predicted molar refractivity (Wildman–Crippen MR) is 80.4 cm³/mol. The minimum absolute atomic E-state index is 0.0625. The van der Waals surface area contributed by atoms with Crippen LogP contribution < -0.4 is 16.0 Å². The zero-order valence-electron chi connectivity index (χ0n) is 12.5. The maximum atomic E-state index is 12.4. The molecule has 118 valence electrons. The summed E-state index contributed by atoms with van der Waals surface area (Å²) in [7, 11) is 1.67. The molecule has 2 atom stereocenters. The van der Waals surface area contributed by atoms with Crippen molar-refractivity contribution in [1.29, 1.82) is 0 Å². The first kappa shape index (κ1) is 14.8. The number of carbonyl (C=O) groups is 2. The van der Waals surface area contributed by atoms with E-state index in [2.05, 4.69) is 15.2 Å². The number of amides is 2. The van der Waals surface area contributed by atoms with E-state index in [9.17, 15) is 9.59 Å². The second-order valence-electron chi connectivity index (χ2n) is 5.90. The van der Waals surface area contributed by atoms with Gasteiger partial charge in [-0.1, -0.05) is 0 Å². The number of nitrogens with zero attached hydrogens (tertiary/aromatic N) is 2. The zero-order valence-corrected chi connectivity index (χ0v) is 12.5. The SMILES string of the molecule is CNC(=O)[C@]12CCOC[C@H]1CN(c1ccnc(C(N)=O)c1)C2. The summed E-state index contributed by atoms with van der Waals surface area (Å²) in [6.45, 7) is 2.51. The van der Waals surface area contributed by atoms with E-state index in [1.54, 1.807) is 19.3 Å². The molecule has 0 saturated carbocycles. The molecule has 0 unspecified atom stereocenters. The van der Waals surface area contributed by atoms with Crippen LogP contribution in [0.15, 0.2) is 18.3 Å². The second-order valence-corrected chi connectivity index (χ2v) is 5.90. The van der Waals surface area contributed by atoms with Gasteiger partial charge >= 0.3 is 0 Å². The molecule has 1 aromatic heterocycles. The quantitative estimate of drug-likeness (QED) is 0.804. The van der Waals surface area contributed by atoms with Crippen molar-refractivity contribution in [2.75, 3.05) is 38.3 Å². The van der Waals surface area contributed by atoms with Gasteiger partial charge in [-0.3, -0.25) is 14.6 Å². The van der Waals surface area contributed by atoms with Crippen molar-refractivity contribution in [2.45, 2.75) is 6.42 Å². The highest BCUT2D eigenvalue weighted by molar-refractivity contribution is 5.91. The van der Waals surface area contributed by atoms with Gasteiger partial charge in [-0.15, -0.1) is 0 Å². The normalized spacial score (nSPS) is 27.3. The predicted octanol–water partition coefficient (Wildman–Crippen LogP) is -0.231. The van der Waals surface area contributed by atoms with Crippen LogP contribution in [0.5, 0.6) is 0 Å². The van der Waals surface area contributed by atoms with Gasteiger partial charge in [-0.05, 0) is 18.6 Å². The van der Waals surface area contributed by atoms with Gasteiger partial charge in [-0.2, -0.15) is 0 Å². The van der Waals surface area contributed by atoms with Crippen LogP contribution in [0.3, 0.4) is 0 Å². The van der Waals surface area contributed by atoms with Gasteiger partial charge in [0.25, 0.3) is 5.91 Å². The largest absolute Gasteiger partial charge is 0.381 e. The van der Waals surface area contributed by atoms with E-state index >= 15 is 0 Å². The van der Waals surface area contributed by atoms with Crippen molar-refractivity contribution in [3.05, 3.63) is 24.0 Å². The second kappa shape index (κ2) is 5.57. The smallest absolute Gasteiger partial charge is 0.267 e. The molecule has 0 spiro atoms. The van der Waals surface area contributed by atoms with Crippen molar-refractivity contribution < 1.29 is 14.3 Å². The third-order valence-electron chi connectivity index (χ3n) is 4.75. The Morgan fingerprint density at radius 1 is 1.55 bits per heavy atom. The van der Waals surface area contributed by atoms with Crippen molar-refractivity contribution >= 4 is 17.5 Å². The van der Waals surface area contributed by atoms with Gasteiger partial charge < -0.3 is 20.7 Å². The van der Waals surface area contributed by atoms with Gasteiger partial charge in [0.15, 0.2) is 0 Å². The molecule has 0 aromatic carbocycles. The van der Waals surface area contributed by atoms with E-state index in [-0.39, 0.29) is 17.5 Å². The molecule has 2 aliphatic rings. The van der Waals surface area contributed by atoms with Gasteiger partial charge in [0.2, 0.25) is 5.91 Å². The summed E-state index contributed by atoms with van der Waals surface area (Å²) in [4.78, 5) is 29.8. The first-order chi connectivity index (χ1) is 10.6. The van der Waals surface area contributed by atoms with Crippen molar-refractivity contribution in [2.24, 2.45) is 17.1 Å². The molecule has 0 bridgehead atoms. The first-order valence-corrected chi connectivity index (χ1v) is 7.37. The molecule has 2 fully saturated rings. The molecular formula is C15H20N4O3. The summed E-state index contributed by atoms with van der Waals surface area (Å²) in [5, 5.41) is 2.79. The van der Waals surface area contributed by atoms with Crippen LogP contribution in [0.2, 0.25) is 0 Å². The maximum Gasteiger partial charge on any atom is 0.267 e. The number of primary amides is 1. The summed E-state index contributed by atoms with van der Waals surface area (Å²) in [5.41, 5.74) is 5.96. The van der Waals surface area contributed by atoms with E-state index < -0.39 is 11.3 Å². The van der Waals surface area contributed by atoms with Gasteiger partial charge in [0.05, 0.1) is 12.0 Å². The number of hydrogen-bond acceptors (Lipinski definition) is 5. The molecule has 3 rings (SSSR count). The van der Waals surface area contributed by atoms with E-state index in [1.165, 1.54) is 0 Å². The highest BCUT2D eigenvalue weighted by Gasteiger charge is 2.53. The van der Waals surface area contributed by atoms with Crippen molar-refractivity contribution in [1.82, 2.24) is 10.3 Å². The van der Waals surface area contributed by atoms with Crippen LogP contribution in [0.25, 0.3) is 0 Å². The van der Waals surface area contributed by atoms with Crippen molar-refractivity contribution in [3.63, 3.8) is 0 Å². The fourth-order valence-corrected chi connectivity index (χ4v) is 3.52. The number of nitrogens with two attached hydrogens (primary N) is 1. The number of nitrogens with one attached hydrogen (secondary N) is 1. The summed E-state index contributed by atoms with van der Waals surface area (Å²) >= 11 is 0. The van der Waals surface area contributed by atoms with E-state index in [4.69, 9.17) is 10.5 Å². The van der Waals surface area contributed by atoms with Gasteiger partial charge in [-0.25, -0.2) is 0 Å². The average molecular weight is 304 g/mol. The lowest BCUT2D eigenvalue weighted by molar-refractivity contribution is -0.138. The summed E-state index contributed by atoms with van der Waals surface area (Å²) < 4.78 is 5.56. The average Bonchev–Trinajstić information content (AvgIpc) is 2.95. The Balaban J connectivity index is 1.90. The molecule has 1 aromatic rings. The number of aromatic nitrogens is 1. The number of carbonyl (C=O) groups excluding carboxylic acids is 2. The van der Waals surface area contributed by atoms with Crippen LogP contribution in [0, 0.1) is 11.3 Å². The fourth-order valence-electron chi connectivity index (χ4n) is 3.52. The zero-order chi connectivity index (χ0) is 15.7. The van der Waals surface area contributed by atoms with E-state index in [0.717, 1.165) is 12.2 Å². The lowest BCUT2D eigenvalue weighted by atomic mass is 9.73. The van der Waals surface area contributed by atoms with Crippen LogP contribution in [-0.2, 0) is 9.53 Å². The molecule has 3 N–H and O–H groups in total.